The Morgan fingerprint density at radius 1 is 1.33 bits per heavy atom. The van der Waals surface area contributed by atoms with Crippen LogP contribution in [0.3, 0.4) is 0 Å². The molecule has 106 valence electrons. The molecule has 0 radical (unpaired) electrons. The molecular formula is C16H15N3O2. The van der Waals surface area contributed by atoms with E-state index in [0.29, 0.717) is 11.3 Å². The van der Waals surface area contributed by atoms with Crippen molar-refractivity contribution in [1.29, 1.82) is 5.26 Å². The summed E-state index contributed by atoms with van der Waals surface area (Å²) in [6.45, 7) is 1.47. The Morgan fingerprint density at radius 3 is 2.62 bits per heavy atom. The van der Waals surface area contributed by atoms with Gasteiger partial charge in [0.25, 0.3) is 5.91 Å². The Labute approximate surface area is 122 Å². The zero-order valence-corrected chi connectivity index (χ0v) is 11.6. The summed E-state index contributed by atoms with van der Waals surface area (Å²) in [5.41, 5.74) is 1.98. The van der Waals surface area contributed by atoms with E-state index in [0.717, 1.165) is 5.56 Å². The molecule has 0 aliphatic heterocycles. The number of carbonyl (C=O) groups is 1. The number of nitriles is 1. The quantitative estimate of drug-likeness (QED) is 0.893. The largest absolute Gasteiger partial charge is 0.394 e. The molecule has 1 amide bonds. The van der Waals surface area contributed by atoms with Crippen molar-refractivity contribution in [3.63, 3.8) is 0 Å². The number of hydrogen-bond acceptors (Lipinski definition) is 4. The molecular weight excluding hydrogens is 266 g/mol. The number of amides is 1. The first-order chi connectivity index (χ1) is 10.2. The monoisotopic (exact) mass is 281 g/mol. The molecule has 0 saturated carbocycles. The van der Waals surface area contributed by atoms with Crippen molar-refractivity contribution in [2.75, 3.05) is 6.61 Å². The Bertz CT molecular complexity index is 678. The minimum atomic E-state index is -0.489. The molecule has 0 fully saturated rings. The van der Waals surface area contributed by atoms with Gasteiger partial charge in [-0.15, -0.1) is 0 Å². The number of aliphatic hydroxyl groups excluding tert-OH is 1. The standard InChI is InChI=1S/C16H15N3O2/c1-11-13(9-17)7-8-14(18-11)16(21)19-15(10-20)12-5-3-2-4-6-12/h2-8,15,20H,10H2,1H3,(H,19,21). The molecule has 21 heavy (non-hydrogen) atoms. The lowest BCUT2D eigenvalue weighted by Gasteiger charge is -2.16. The van der Waals surface area contributed by atoms with Crippen molar-refractivity contribution in [2.24, 2.45) is 0 Å². The first kappa shape index (κ1) is 14.7. The molecule has 1 heterocycles. The van der Waals surface area contributed by atoms with Gasteiger partial charge in [-0.2, -0.15) is 5.26 Å². The van der Waals surface area contributed by atoms with Gasteiger partial charge < -0.3 is 10.4 Å². The number of pyridine rings is 1. The average Bonchev–Trinajstić information content (AvgIpc) is 2.53. The number of nitrogens with zero attached hydrogens (tertiary/aromatic N) is 2. The third kappa shape index (κ3) is 3.44. The van der Waals surface area contributed by atoms with Crippen molar-refractivity contribution in [2.45, 2.75) is 13.0 Å². The molecule has 1 atom stereocenters. The summed E-state index contributed by atoms with van der Waals surface area (Å²) >= 11 is 0. The van der Waals surface area contributed by atoms with E-state index in [9.17, 15) is 9.90 Å². The van der Waals surface area contributed by atoms with Crippen LogP contribution in [0.2, 0.25) is 0 Å². The zero-order chi connectivity index (χ0) is 15.2. The minimum Gasteiger partial charge on any atom is -0.394 e. The van der Waals surface area contributed by atoms with E-state index < -0.39 is 6.04 Å². The first-order valence-electron chi connectivity index (χ1n) is 6.50. The van der Waals surface area contributed by atoms with Crippen molar-refractivity contribution >= 4 is 5.91 Å². The Morgan fingerprint density at radius 2 is 2.05 bits per heavy atom. The van der Waals surface area contributed by atoms with Gasteiger partial charge in [-0.1, -0.05) is 30.3 Å². The predicted octanol–water partition coefficient (Wildman–Crippen LogP) is 1.73. The van der Waals surface area contributed by atoms with Gasteiger partial charge >= 0.3 is 0 Å². The number of carbonyl (C=O) groups excluding carboxylic acids is 1. The molecule has 1 aromatic heterocycles. The summed E-state index contributed by atoms with van der Waals surface area (Å²) in [7, 11) is 0. The number of aryl methyl sites for hydroxylation is 1. The van der Waals surface area contributed by atoms with E-state index >= 15 is 0 Å². The molecule has 5 nitrogen and oxygen atoms in total. The normalized spacial score (nSPS) is 11.5. The predicted molar refractivity (Wildman–Crippen MR) is 77.4 cm³/mol. The van der Waals surface area contributed by atoms with Gasteiger partial charge in [-0.25, -0.2) is 4.98 Å². The fraction of sp³-hybridized carbons (Fsp3) is 0.188. The fourth-order valence-electron chi connectivity index (χ4n) is 1.96. The van der Waals surface area contributed by atoms with Gasteiger partial charge in [-0.3, -0.25) is 4.79 Å². The molecule has 0 spiro atoms. The second-order valence-corrected chi connectivity index (χ2v) is 4.56. The van der Waals surface area contributed by atoms with Crippen LogP contribution in [-0.2, 0) is 0 Å². The maximum Gasteiger partial charge on any atom is 0.270 e. The number of nitrogens with one attached hydrogen (secondary N) is 1. The molecule has 2 N–H and O–H groups in total. The smallest absolute Gasteiger partial charge is 0.270 e. The topological polar surface area (TPSA) is 86.0 Å². The van der Waals surface area contributed by atoms with Gasteiger partial charge in [0.15, 0.2) is 0 Å². The highest BCUT2D eigenvalue weighted by Crippen LogP contribution is 2.13. The summed E-state index contributed by atoms with van der Waals surface area (Å²) in [6, 6.07) is 13.8. The van der Waals surface area contributed by atoms with Crippen LogP contribution in [-0.4, -0.2) is 22.6 Å². The van der Waals surface area contributed by atoms with Crippen molar-refractivity contribution in [3.8, 4) is 6.07 Å². The van der Waals surface area contributed by atoms with Crippen molar-refractivity contribution in [1.82, 2.24) is 10.3 Å². The minimum absolute atomic E-state index is 0.203. The van der Waals surface area contributed by atoms with E-state index in [1.165, 1.54) is 6.07 Å². The maximum absolute atomic E-state index is 12.2. The average molecular weight is 281 g/mol. The molecule has 1 aromatic carbocycles. The van der Waals surface area contributed by atoms with Crippen LogP contribution >= 0.6 is 0 Å². The molecule has 1 unspecified atom stereocenters. The number of hydrogen-bond donors (Lipinski definition) is 2. The third-order valence-corrected chi connectivity index (χ3v) is 3.13. The molecule has 5 heteroatoms. The molecule has 0 bridgehead atoms. The van der Waals surface area contributed by atoms with E-state index in [2.05, 4.69) is 10.3 Å². The Balaban J connectivity index is 2.17. The Hall–Kier alpha value is -2.71. The second-order valence-electron chi connectivity index (χ2n) is 4.56. The Kier molecular flexibility index (Phi) is 4.64. The summed E-state index contributed by atoms with van der Waals surface area (Å²) < 4.78 is 0. The highest BCUT2D eigenvalue weighted by atomic mass is 16.3. The molecule has 2 aromatic rings. The van der Waals surface area contributed by atoms with Crippen molar-refractivity contribution < 1.29 is 9.90 Å². The third-order valence-electron chi connectivity index (χ3n) is 3.13. The molecule has 0 aliphatic carbocycles. The lowest BCUT2D eigenvalue weighted by atomic mass is 10.1. The van der Waals surface area contributed by atoms with Crippen LogP contribution in [0.25, 0.3) is 0 Å². The van der Waals surface area contributed by atoms with Crippen LogP contribution in [0, 0.1) is 18.3 Å². The number of rotatable bonds is 4. The van der Waals surface area contributed by atoms with Crippen molar-refractivity contribution in [3.05, 3.63) is 65.0 Å². The SMILES string of the molecule is Cc1nc(C(=O)NC(CO)c2ccccc2)ccc1C#N. The van der Waals surface area contributed by atoms with Gasteiger partial charge in [0.1, 0.15) is 11.8 Å². The lowest BCUT2D eigenvalue weighted by molar-refractivity contribution is 0.0911. The number of benzene rings is 1. The second kappa shape index (κ2) is 6.64. The summed E-state index contributed by atoms with van der Waals surface area (Å²) in [6.07, 6.45) is 0. The molecule has 0 aliphatic rings. The number of aliphatic hydroxyl groups is 1. The number of aromatic nitrogens is 1. The zero-order valence-electron chi connectivity index (χ0n) is 11.6. The van der Waals surface area contributed by atoms with E-state index in [-0.39, 0.29) is 18.2 Å². The highest BCUT2D eigenvalue weighted by Gasteiger charge is 2.16. The summed E-state index contributed by atoms with van der Waals surface area (Å²) in [5, 5.41) is 21.0. The van der Waals surface area contributed by atoms with Gasteiger partial charge in [0.2, 0.25) is 0 Å². The lowest BCUT2D eigenvalue weighted by Crippen LogP contribution is -2.31. The first-order valence-corrected chi connectivity index (χ1v) is 6.50. The molecule has 0 saturated heterocycles. The van der Waals surface area contributed by atoms with E-state index in [1.54, 1.807) is 13.0 Å². The van der Waals surface area contributed by atoms with E-state index in [4.69, 9.17) is 5.26 Å². The summed E-state index contributed by atoms with van der Waals surface area (Å²) in [4.78, 5) is 16.3. The molecule has 2 rings (SSSR count). The van der Waals surface area contributed by atoms with Gasteiger partial charge in [0.05, 0.1) is 23.9 Å². The van der Waals surface area contributed by atoms with Crippen LogP contribution < -0.4 is 5.32 Å². The summed E-state index contributed by atoms with van der Waals surface area (Å²) in [5.74, 6) is -0.384. The van der Waals surface area contributed by atoms with E-state index in [1.807, 2.05) is 36.4 Å². The van der Waals surface area contributed by atoms with Crippen LogP contribution in [0.1, 0.15) is 33.4 Å². The van der Waals surface area contributed by atoms with Gasteiger partial charge in [0, 0.05) is 0 Å². The maximum atomic E-state index is 12.2. The van der Waals surface area contributed by atoms with Crippen LogP contribution in [0.4, 0.5) is 0 Å². The van der Waals surface area contributed by atoms with Crippen LogP contribution in [0.5, 0.6) is 0 Å². The fourth-order valence-corrected chi connectivity index (χ4v) is 1.96. The van der Waals surface area contributed by atoms with Crippen LogP contribution in [0.15, 0.2) is 42.5 Å². The highest BCUT2D eigenvalue weighted by molar-refractivity contribution is 5.92. The van der Waals surface area contributed by atoms with Gasteiger partial charge in [-0.05, 0) is 24.6 Å².